The molecule has 2 rings (SSSR count). The minimum atomic E-state index is -0.698. The fourth-order valence-electron chi connectivity index (χ4n) is 2.92. The minimum absolute atomic E-state index is 0.116. The molecule has 0 bridgehead atoms. The van der Waals surface area contributed by atoms with Crippen LogP contribution < -0.4 is 0 Å². The normalized spacial score (nSPS) is 12.9. The van der Waals surface area contributed by atoms with E-state index in [1.54, 1.807) is 31.3 Å². The Morgan fingerprint density at radius 1 is 0.926 bits per heavy atom. The third-order valence-electron chi connectivity index (χ3n) is 4.51. The summed E-state index contributed by atoms with van der Waals surface area (Å²) in [5, 5.41) is 1.28. The number of nitrogens with zero attached hydrogens (tertiary/aromatic N) is 1. The summed E-state index contributed by atoms with van der Waals surface area (Å²) in [6.07, 6.45) is 0.926. The Hall–Kier alpha value is -2.04. The van der Waals surface area contributed by atoms with Crippen LogP contribution in [0, 0.1) is 5.92 Å². The van der Waals surface area contributed by atoms with Crippen molar-refractivity contribution in [3.05, 3.63) is 69.7 Å². The molecule has 0 aliphatic rings. The first-order valence-electron chi connectivity index (χ1n) is 8.65. The predicted molar refractivity (Wildman–Crippen MR) is 108 cm³/mol. The van der Waals surface area contributed by atoms with E-state index in [1.807, 2.05) is 31.2 Å². The van der Waals surface area contributed by atoms with Crippen molar-refractivity contribution in [1.29, 1.82) is 0 Å². The van der Waals surface area contributed by atoms with E-state index in [-0.39, 0.29) is 11.8 Å². The molecule has 0 radical (unpaired) electrons. The second kappa shape index (κ2) is 9.77. The van der Waals surface area contributed by atoms with Gasteiger partial charge in [-0.3, -0.25) is 4.79 Å². The number of carbonyl (C=O) groups excluding carboxylic acids is 2. The Morgan fingerprint density at radius 3 is 1.81 bits per heavy atom. The van der Waals surface area contributed by atoms with Crippen molar-refractivity contribution < 1.29 is 14.3 Å². The van der Waals surface area contributed by atoms with Crippen molar-refractivity contribution in [3.63, 3.8) is 0 Å². The van der Waals surface area contributed by atoms with E-state index < -0.39 is 12.0 Å². The van der Waals surface area contributed by atoms with E-state index in [4.69, 9.17) is 27.9 Å². The monoisotopic (exact) mass is 407 g/mol. The lowest BCUT2D eigenvalue weighted by atomic mass is 9.98. The first-order chi connectivity index (χ1) is 12.8. The molecular formula is C21H23Cl2NO3. The summed E-state index contributed by atoms with van der Waals surface area (Å²) in [7, 11) is 2.96. The molecule has 0 aliphatic carbocycles. The zero-order valence-electron chi connectivity index (χ0n) is 15.6. The van der Waals surface area contributed by atoms with E-state index in [2.05, 4.69) is 0 Å². The standard InChI is InChI=1S/C21H23Cl2NO3/c1-14(12-15-4-8-17(22)9-5-15)20(25)24(2)19(21(26)27-3)13-16-6-10-18(23)11-7-16/h4-11,14,19H,12-13H2,1-3H3/t14-,19-/m0/s1. The Morgan fingerprint density at radius 2 is 1.37 bits per heavy atom. The molecule has 2 atom stereocenters. The molecule has 0 aliphatic heterocycles. The SMILES string of the molecule is COC(=O)[C@H](Cc1ccc(Cl)cc1)N(C)C(=O)[C@@H](C)Cc1ccc(Cl)cc1. The van der Waals surface area contributed by atoms with Gasteiger partial charge in [0.05, 0.1) is 7.11 Å². The first-order valence-corrected chi connectivity index (χ1v) is 9.40. The van der Waals surface area contributed by atoms with Gasteiger partial charge in [0.1, 0.15) is 6.04 Å². The van der Waals surface area contributed by atoms with Gasteiger partial charge in [0.2, 0.25) is 5.91 Å². The van der Waals surface area contributed by atoms with Crippen LogP contribution in [-0.4, -0.2) is 37.0 Å². The number of amides is 1. The molecule has 1 amide bonds. The van der Waals surface area contributed by atoms with Gasteiger partial charge in [-0.15, -0.1) is 0 Å². The minimum Gasteiger partial charge on any atom is -0.467 e. The molecule has 6 heteroatoms. The molecule has 4 nitrogen and oxygen atoms in total. The largest absolute Gasteiger partial charge is 0.467 e. The van der Waals surface area contributed by atoms with E-state index in [1.165, 1.54) is 12.0 Å². The highest BCUT2D eigenvalue weighted by atomic mass is 35.5. The first kappa shape index (κ1) is 21.3. The molecule has 0 unspecified atom stereocenters. The molecule has 2 aromatic carbocycles. The predicted octanol–water partition coefficient (Wildman–Crippen LogP) is 4.41. The number of hydrogen-bond acceptors (Lipinski definition) is 3. The van der Waals surface area contributed by atoms with E-state index >= 15 is 0 Å². The highest BCUT2D eigenvalue weighted by molar-refractivity contribution is 6.30. The summed E-state index contributed by atoms with van der Waals surface area (Å²) in [6.45, 7) is 1.85. The second-order valence-corrected chi connectivity index (χ2v) is 7.42. The summed E-state index contributed by atoms with van der Waals surface area (Å²) in [6, 6.07) is 13.9. The van der Waals surface area contributed by atoms with Crippen molar-refractivity contribution in [1.82, 2.24) is 4.90 Å². The van der Waals surface area contributed by atoms with Gasteiger partial charge < -0.3 is 9.64 Å². The summed E-state index contributed by atoms with van der Waals surface area (Å²) in [5.41, 5.74) is 1.92. The lowest BCUT2D eigenvalue weighted by molar-refractivity contribution is -0.153. The molecule has 144 valence electrons. The van der Waals surface area contributed by atoms with Crippen molar-refractivity contribution >= 4 is 35.1 Å². The third-order valence-corrected chi connectivity index (χ3v) is 5.01. The number of esters is 1. The van der Waals surface area contributed by atoms with Gasteiger partial charge in [0, 0.05) is 29.4 Å². The van der Waals surface area contributed by atoms with Crippen LogP contribution in [0.3, 0.4) is 0 Å². The molecule has 0 heterocycles. The highest BCUT2D eigenvalue weighted by Gasteiger charge is 2.30. The van der Waals surface area contributed by atoms with Gasteiger partial charge in [-0.05, 0) is 41.8 Å². The number of hydrogen-bond donors (Lipinski definition) is 0. The number of methoxy groups -OCH3 is 1. The molecule has 0 spiro atoms. The number of rotatable bonds is 7. The fourth-order valence-corrected chi connectivity index (χ4v) is 3.17. The topological polar surface area (TPSA) is 46.6 Å². The maximum absolute atomic E-state index is 12.9. The molecule has 0 saturated heterocycles. The summed E-state index contributed by atoms with van der Waals surface area (Å²) in [5.74, 6) is -0.845. The number of benzene rings is 2. The average molecular weight is 408 g/mol. The smallest absolute Gasteiger partial charge is 0.328 e. The average Bonchev–Trinajstić information content (AvgIpc) is 2.67. The molecule has 0 N–H and O–H groups in total. The number of carbonyl (C=O) groups is 2. The number of halogens is 2. The maximum atomic E-state index is 12.9. The molecule has 0 aromatic heterocycles. The highest BCUT2D eigenvalue weighted by Crippen LogP contribution is 2.18. The third kappa shape index (κ3) is 5.98. The molecule has 0 saturated carbocycles. The van der Waals surface area contributed by atoms with Gasteiger partial charge >= 0.3 is 5.97 Å². The maximum Gasteiger partial charge on any atom is 0.328 e. The number of likely N-dealkylation sites (N-methyl/N-ethyl adjacent to an activating group) is 1. The molecule has 27 heavy (non-hydrogen) atoms. The van der Waals surface area contributed by atoms with Crippen LogP contribution in [0.15, 0.2) is 48.5 Å². The number of ether oxygens (including phenoxy) is 1. The van der Waals surface area contributed by atoms with Gasteiger partial charge in [-0.2, -0.15) is 0 Å². The molecular weight excluding hydrogens is 385 g/mol. The van der Waals surface area contributed by atoms with Crippen LogP contribution in [0.4, 0.5) is 0 Å². The Bertz CT molecular complexity index is 775. The van der Waals surface area contributed by atoms with Gasteiger partial charge in [0.15, 0.2) is 0 Å². The van der Waals surface area contributed by atoms with Crippen LogP contribution in [0.1, 0.15) is 18.1 Å². The quantitative estimate of drug-likeness (QED) is 0.638. The Balaban J connectivity index is 2.11. The summed E-state index contributed by atoms with van der Waals surface area (Å²) >= 11 is 11.8. The zero-order chi connectivity index (χ0) is 20.0. The summed E-state index contributed by atoms with van der Waals surface area (Å²) in [4.78, 5) is 26.7. The molecule has 2 aromatic rings. The second-order valence-electron chi connectivity index (χ2n) is 6.55. The van der Waals surface area contributed by atoms with Crippen molar-refractivity contribution in [2.75, 3.05) is 14.2 Å². The van der Waals surface area contributed by atoms with Crippen LogP contribution >= 0.6 is 23.2 Å². The lowest BCUT2D eigenvalue weighted by Gasteiger charge is -2.28. The Kier molecular flexibility index (Phi) is 7.69. The summed E-state index contributed by atoms with van der Waals surface area (Å²) < 4.78 is 4.92. The fraction of sp³-hybridized carbons (Fsp3) is 0.333. The van der Waals surface area contributed by atoms with Gasteiger partial charge in [0.25, 0.3) is 0 Å². The van der Waals surface area contributed by atoms with Crippen molar-refractivity contribution in [2.24, 2.45) is 5.92 Å². The van der Waals surface area contributed by atoms with Crippen molar-refractivity contribution in [2.45, 2.75) is 25.8 Å². The molecule has 0 fully saturated rings. The van der Waals surface area contributed by atoms with E-state index in [0.29, 0.717) is 22.9 Å². The van der Waals surface area contributed by atoms with Gasteiger partial charge in [-0.1, -0.05) is 54.4 Å². The van der Waals surface area contributed by atoms with Crippen molar-refractivity contribution in [3.8, 4) is 0 Å². The zero-order valence-corrected chi connectivity index (χ0v) is 17.1. The van der Waals surface area contributed by atoms with Crippen LogP contribution in [0.25, 0.3) is 0 Å². The Labute approximate surface area is 170 Å². The van der Waals surface area contributed by atoms with Gasteiger partial charge in [-0.25, -0.2) is 4.79 Å². The van der Waals surface area contributed by atoms with Crippen LogP contribution in [-0.2, 0) is 27.2 Å². The van der Waals surface area contributed by atoms with Crippen LogP contribution in [0.5, 0.6) is 0 Å². The van der Waals surface area contributed by atoms with E-state index in [9.17, 15) is 9.59 Å². The van der Waals surface area contributed by atoms with E-state index in [0.717, 1.165) is 11.1 Å². The lowest BCUT2D eigenvalue weighted by Crippen LogP contribution is -2.46. The van der Waals surface area contributed by atoms with Crippen LogP contribution in [0.2, 0.25) is 10.0 Å².